The molecule has 3 heteroatoms. The maximum absolute atomic E-state index is 12.3. The molecule has 3 rings (SSSR count). The lowest BCUT2D eigenvalue weighted by molar-refractivity contribution is 0.0539. The molecule has 0 aromatic heterocycles. The minimum Gasteiger partial charge on any atom is -0.393 e. The maximum Gasteiger partial charge on any atom is 0.253 e. The van der Waals surface area contributed by atoms with Gasteiger partial charge in [0.2, 0.25) is 0 Å². The van der Waals surface area contributed by atoms with Gasteiger partial charge in [0.25, 0.3) is 5.91 Å². The Kier molecular flexibility index (Phi) is 3.08. The Hall–Kier alpha value is -1.35. The van der Waals surface area contributed by atoms with Crippen LogP contribution in [0.5, 0.6) is 0 Å². The summed E-state index contributed by atoms with van der Waals surface area (Å²) in [5, 5.41) is 10.0. The normalized spacial score (nSPS) is 31.2. The summed E-state index contributed by atoms with van der Waals surface area (Å²) in [6, 6.07) is 9.43. The number of fused-ring (bicyclic) bond motifs is 1. The molecule has 1 N–H and O–H groups in total. The summed E-state index contributed by atoms with van der Waals surface area (Å²) in [5.41, 5.74) is 0.755. The van der Waals surface area contributed by atoms with Crippen molar-refractivity contribution < 1.29 is 9.90 Å². The van der Waals surface area contributed by atoms with E-state index in [9.17, 15) is 9.90 Å². The van der Waals surface area contributed by atoms with Gasteiger partial charge in [0, 0.05) is 24.6 Å². The van der Waals surface area contributed by atoms with Gasteiger partial charge in [-0.05, 0) is 30.9 Å². The number of aliphatic hydroxyl groups excluding tert-OH is 1. The molecule has 1 saturated heterocycles. The Bertz CT molecular complexity index is 431. The van der Waals surface area contributed by atoms with Gasteiger partial charge < -0.3 is 10.0 Å². The second-order valence-electron chi connectivity index (χ2n) is 5.50. The van der Waals surface area contributed by atoms with Crippen LogP contribution in [0.1, 0.15) is 29.6 Å². The van der Waals surface area contributed by atoms with Crippen molar-refractivity contribution in [2.24, 2.45) is 11.8 Å². The highest BCUT2D eigenvalue weighted by Gasteiger charge is 2.41. The lowest BCUT2D eigenvalue weighted by Gasteiger charge is -2.28. The van der Waals surface area contributed by atoms with Crippen LogP contribution < -0.4 is 0 Å². The molecule has 1 aliphatic heterocycles. The summed E-state index contributed by atoms with van der Waals surface area (Å²) >= 11 is 0. The van der Waals surface area contributed by atoms with Crippen molar-refractivity contribution in [2.75, 3.05) is 13.1 Å². The molecule has 1 aromatic carbocycles. The summed E-state index contributed by atoms with van der Waals surface area (Å²) in [6.07, 6.45) is 2.93. The smallest absolute Gasteiger partial charge is 0.253 e. The molecule has 1 amide bonds. The number of amides is 1. The van der Waals surface area contributed by atoms with Gasteiger partial charge in [0.05, 0.1) is 6.10 Å². The fraction of sp³-hybridized carbons (Fsp3) is 0.533. The molecule has 1 aliphatic carbocycles. The number of nitrogens with zero attached hydrogens (tertiary/aromatic N) is 1. The molecular formula is C15H19NO2. The standard InChI is InChI=1S/C15H19NO2/c17-14-8-4-7-12-9-16(10-13(12)14)15(18)11-5-2-1-3-6-11/h1-3,5-6,12-14,17H,4,7-10H2/t12-,13+,14?/m0/s1. The number of rotatable bonds is 1. The minimum absolute atomic E-state index is 0.109. The monoisotopic (exact) mass is 245 g/mol. The predicted molar refractivity (Wildman–Crippen MR) is 69.2 cm³/mol. The fourth-order valence-electron chi connectivity index (χ4n) is 3.37. The fourth-order valence-corrected chi connectivity index (χ4v) is 3.37. The SMILES string of the molecule is O=C(c1ccccc1)N1C[C@@H]2CCCC(O)[C@@H]2C1. The van der Waals surface area contributed by atoms with Crippen molar-refractivity contribution in [3.8, 4) is 0 Å². The van der Waals surface area contributed by atoms with Crippen LogP contribution in [0, 0.1) is 11.8 Å². The second kappa shape index (κ2) is 4.73. The van der Waals surface area contributed by atoms with E-state index >= 15 is 0 Å². The highest BCUT2D eigenvalue weighted by atomic mass is 16.3. The lowest BCUT2D eigenvalue weighted by atomic mass is 9.80. The summed E-state index contributed by atoms with van der Waals surface area (Å²) in [4.78, 5) is 14.3. The van der Waals surface area contributed by atoms with Crippen molar-refractivity contribution in [3.05, 3.63) is 35.9 Å². The Morgan fingerprint density at radius 2 is 1.94 bits per heavy atom. The largest absolute Gasteiger partial charge is 0.393 e. The zero-order valence-corrected chi connectivity index (χ0v) is 10.5. The third-order valence-corrected chi connectivity index (χ3v) is 4.37. The van der Waals surface area contributed by atoms with E-state index in [1.807, 2.05) is 35.2 Å². The molecule has 2 fully saturated rings. The van der Waals surface area contributed by atoms with E-state index in [0.29, 0.717) is 11.8 Å². The van der Waals surface area contributed by atoms with Crippen LogP contribution in [0.2, 0.25) is 0 Å². The molecule has 0 spiro atoms. The minimum atomic E-state index is -0.211. The van der Waals surface area contributed by atoms with E-state index in [2.05, 4.69) is 0 Å². The first-order valence-corrected chi connectivity index (χ1v) is 6.78. The van der Waals surface area contributed by atoms with Crippen LogP contribution in [-0.2, 0) is 0 Å². The average Bonchev–Trinajstić information content (AvgIpc) is 2.84. The molecule has 96 valence electrons. The highest BCUT2D eigenvalue weighted by molar-refractivity contribution is 5.94. The third kappa shape index (κ3) is 2.03. The zero-order chi connectivity index (χ0) is 12.5. The summed E-state index contributed by atoms with van der Waals surface area (Å²) < 4.78 is 0. The van der Waals surface area contributed by atoms with Crippen LogP contribution in [0.3, 0.4) is 0 Å². The zero-order valence-electron chi connectivity index (χ0n) is 10.5. The third-order valence-electron chi connectivity index (χ3n) is 4.37. The molecule has 1 unspecified atom stereocenters. The molecule has 0 radical (unpaired) electrons. The van der Waals surface area contributed by atoms with Gasteiger partial charge in [-0.25, -0.2) is 0 Å². The number of aliphatic hydroxyl groups is 1. The predicted octanol–water partition coefficient (Wildman–Crippen LogP) is 1.92. The molecule has 1 saturated carbocycles. The van der Waals surface area contributed by atoms with Crippen LogP contribution >= 0.6 is 0 Å². The molecule has 3 nitrogen and oxygen atoms in total. The van der Waals surface area contributed by atoms with Crippen molar-refractivity contribution in [1.82, 2.24) is 4.90 Å². The quantitative estimate of drug-likeness (QED) is 0.821. The number of likely N-dealkylation sites (tertiary alicyclic amines) is 1. The van der Waals surface area contributed by atoms with E-state index in [0.717, 1.165) is 37.9 Å². The number of benzene rings is 1. The van der Waals surface area contributed by atoms with E-state index in [4.69, 9.17) is 0 Å². The number of hydrogen-bond acceptors (Lipinski definition) is 2. The first-order valence-electron chi connectivity index (χ1n) is 6.78. The Morgan fingerprint density at radius 3 is 2.67 bits per heavy atom. The van der Waals surface area contributed by atoms with Gasteiger partial charge in [-0.1, -0.05) is 24.6 Å². The van der Waals surface area contributed by atoms with E-state index in [1.54, 1.807) is 0 Å². The molecule has 1 aromatic rings. The van der Waals surface area contributed by atoms with Crippen LogP contribution in [0.25, 0.3) is 0 Å². The Balaban J connectivity index is 1.74. The number of carbonyl (C=O) groups is 1. The number of hydrogen-bond donors (Lipinski definition) is 1. The van der Waals surface area contributed by atoms with Gasteiger partial charge >= 0.3 is 0 Å². The molecule has 2 aliphatic rings. The Morgan fingerprint density at radius 1 is 1.17 bits per heavy atom. The van der Waals surface area contributed by atoms with Gasteiger partial charge in [-0.2, -0.15) is 0 Å². The topological polar surface area (TPSA) is 40.5 Å². The molecule has 18 heavy (non-hydrogen) atoms. The summed E-state index contributed by atoms with van der Waals surface area (Å²) in [7, 11) is 0. The number of carbonyl (C=O) groups excluding carboxylic acids is 1. The van der Waals surface area contributed by atoms with Crippen LogP contribution in [0.4, 0.5) is 0 Å². The summed E-state index contributed by atoms with van der Waals surface area (Å²) in [6.45, 7) is 1.54. The van der Waals surface area contributed by atoms with Crippen molar-refractivity contribution in [2.45, 2.75) is 25.4 Å². The van der Waals surface area contributed by atoms with Crippen LogP contribution in [-0.4, -0.2) is 35.1 Å². The second-order valence-corrected chi connectivity index (χ2v) is 5.50. The average molecular weight is 245 g/mol. The van der Waals surface area contributed by atoms with Crippen LogP contribution in [0.15, 0.2) is 30.3 Å². The van der Waals surface area contributed by atoms with Gasteiger partial charge in [0.1, 0.15) is 0 Å². The lowest BCUT2D eigenvalue weighted by Crippen LogP contribution is -2.32. The first kappa shape index (κ1) is 11.7. The maximum atomic E-state index is 12.3. The van der Waals surface area contributed by atoms with Crippen molar-refractivity contribution >= 4 is 5.91 Å². The molecule has 1 heterocycles. The molecular weight excluding hydrogens is 226 g/mol. The van der Waals surface area contributed by atoms with E-state index < -0.39 is 0 Å². The first-order chi connectivity index (χ1) is 8.75. The molecule has 0 bridgehead atoms. The van der Waals surface area contributed by atoms with Gasteiger partial charge in [-0.3, -0.25) is 4.79 Å². The van der Waals surface area contributed by atoms with Gasteiger partial charge in [-0.15, -0.1) is 0 Å². The van der Waals surface area contributed by atoms with E-state index in [1.165, 1.54) is 0 Å². The van der Waals surface area contributed by atoms with Gasteiger partial charge in [0.15, 0.2) is 0 Å². The summed E-state index contributed by atoms with van der Waals surface area (Å²) in [5.74, 6) is 0.907. The van der Waals surface area contributed by atoms with Crippen molar-refractivity contribution in [1.29, 1.82) is 0 Å². The van der Waals surface area contributed by atoms with Crippen molar-refractivity contribution in [3.63, 3.8) is 0 Å². The molecule has 3 atom stereocenters. The van der Waals surface area contributed by atoms with E-state index in [-0.39, 0.29) is 12.0 Å². The highest BCUT2D eigenvalue weighted by Crippen LogP contribution is 2.36. The Labute approximate surface area is 107 Å².